The van der Waals surface area contributed by atoms with Crippen LogP contribution in [0.15, 0.2) is 30.3 Å². The third-order valence-electron chi connectivity index (χ3n) is 3.37. The molecular formula is C13H18N2O. The summed E-state index contributed by atoms with van der Waals surface area (Å²) in [4.78, 5) is 12.0. The van der Waals surface area contributed by atoms with Crippen molar-refractivity contribution in [3.05, 3.63) is 35.9 Å². The summed E-state index contributed by atoms with van der Waals surface area (Å²) in [6.45, 7) is 2.46. The molecule has 1 aromatic rings. The summed E-state index contributed by atoms with van der Waals surface area (Å²) in [5.74, 6) is 0.103. The molecule has 0 radical (unpaired) electrons. The molecule has 0 aliphatic heterocycles. The van der Waals surface area contributed by atoms with Crippen molar-refractivity contribution in [3.8, 4) is 0 Å². The third kappa shape index (κ3) is 2.09. The highest BCUT2D eigenvalue weighted by molar-refractivity contribution is 5.85. The van der Waals surface area contributed by atoms with Crippen LogP contribution < -0.4 is 11.1 Å². The fraction of sp³-hybridized carbons (Fsp3) is 0.462. The number of benzene rings is 1. The lowest BCUT2D eigenvalue weighted by Gasteiger charge is -2.18. The van der Waals surface area contributed by atoms with Crippen molar-refractivity contribution in [1.29, 1.82) is 0 Å². The molecule has 1 amide bonds. The Hall–Kier alpha value is -1.35. The second-order valence-electron chi connectivity index (χ2n) is 4.59. The fourth-order valence-electron chi connectivity index (χ4n) is 1.85. The Morgan fingerprint density at radius 3 is 2.56 bits per heavy atom. The first-order valence-corrected chi connectivity index (χ1v) is 5.74. The van der Waals surface area contributed by atoms with Crippen LogP contribution in [0.5, 0.6) is 0 Å². The van der Waals surface area contributed by atoms with Crippen molar-refractivity contribution in [3.63, 3.8) is 0 Å². The number of nitrogens with two attached hydrogens (primary N) is 1. The van der Waals surface area contributed by atoms with E-state index >= 15 is 0 Å². The van der Waals surface area contributed by atoms with Crippen molar-refractivity contribution in [2.75, 3.05) is 6.54 Å². The SMILES string of the molecule is C[C@@H](NC(=O)C1(CN)CC1)c1ccccc1. The highest BCUT2D eigenvalue weighted by Gasteiger charge is 2.48. The predicted octanol–water partition coefficient (Wildman–Crippen LogP) is 1.60. The number of hydrogen-bond donors (Lipinski definition) is 2. The van der Waals surface area contributed by atoms with Gasteiger partial charge in [-0.05, 0) is 25.3 Å². The van der Waals surface area contributed by atoms with E-state index in [1.54, 1.807) is 0 Å². The van der Waals surface area contributed by atoms with E-state index in [0.717, 1.165) is 18.4 Å². The molecule has 0 unspecified atom stereocenters. The van der Waals surface area contributed by atoms with Crippen LogP contribution in [-0.4, -0.2) is 12.5 Å². The van der Waals surface area contributed by atoms with Gasteiger partial charge in [-0.1, -0.05) is 30.3 Å². The Morgan fingerprint density at radius 1 is 1.44 bits per heavy atom. The maximum atomic E-state index is 12.0. The zero-order valence-corrected chi connectivity index (χ0v) is 9.57. The van der Waals surface area contributed by atoms with Crippen LogP contribution in [-0.2, 0) is 4.79 Å². The van der Waals surface area contributed by atoms with Gasteiger partial charge in [0.05, 0.1) is 11.5 Å². The second-order valence-corrected chi connectivity index (χ2v) is 4.59. The summed E-state index contributed by atoms with van der Waals surface area (Å²) in [6, 6.07) is 10.0. The topological polar surface area (TPSA) is 55.1 Å². The molecular weight excluding hydrogens is 200 g/mol. The Labute approximate surface area is 96.0 Å². The van der Waals surface area contributed by atoms with E-state index in [-0.39, 0.29) is 17.4 Å². The molecule has 0 saturated heterocycles. The summed E-state index contributed by atoms with van der Waals surface area (Å²) in [7, 11) is 0. The summed E-state index contributed by atoms with van der Waals surface area (Å²) in [5.41, 5.74) is 6.49. The smallest absolute Gasteiger partial charge is 0.227 e. The molecule has 3 nitrogen and oxygen atoms in total. The lowest BCUT2D eigenvalue weighted by molar-refractivity contribution is -0.126. The molecule has 3 N–H and O–H groups in total. The Balaban J connectivity index is 1.98. The minimum atomic E-state index is -0.261. The molecule has 0 aromatic heterocycles. The zero-order valence-electron chi connectivity index (χ0n) is 9.57. The largest absolute Gasteiger partial charge is 0.349 e. The van der Waals surface area contributed by atoms with Gasteiger partial charge in [-0.15, -0.1) is 0 Å². The first kappa shape index (κ1) is 11.1. The Bertz CT molecular complexity index is 371. The molecule has 1 aliphatic carbocycles. The predicted molar refractivity (Wildman–Crippen MR) is 63.7 cm³/mol. The summed E-state index contributed by atoms with van der Waals surface area (Å²) >= 11 is 0. The zero-order chi connectivity index (χ0) is 11.6. The number of carbonyl (C=O) groups excluding carboxylic acids is 1. The van der Waals surface area contributed by atoms with Crippen LogP contribution in [0, 0.1) is 5.41 Å². The second kappa shape index (κ2) is 4.26. The van der Waals surface area contributed by atoms with Gasteiger partial charge in [0.1, 0.15) is 0 Å². The summed E-state index contributed by atoms with van der Waals surface area (Å²) in [6.07, 6.45) is 1.85. The minimum Gasteiger partial charge on any atom is -0.349 e. The van der Waals surface area contributed by atoms with E-state index in [1.807, 2.05) is 37.3 Å². The molecule has 0 heterocycles. The Kier molecular flexibility index (Phi) is 2.97. The number of nitrogens with one attached hydrogen (secondary N) is 1. The number of amides is 1. The molecule has 16 heavy (non-hydrogen) atoms. The third-order valence-corrected chi connectivity index (χ3v) is 3.37. The highest BCUT2D eigenvalue weighted by Crippen LogP contribution is 2.45. The molecule has 1 atom stereocenters. The first-order chi connectivity index (χ1) is 7.68. The van der Waals surface area contributed by atoms with E-state index in [0.29, 0.717) is 6.54 Å². The van der Waals surface area contributed by atoms with Crippen molar-refractivity contribution < 1.29 is 4.79 Å². The molecule has 1 saturated carbocycles. The van der Waals surface area contributed by atoms with E-state index in [2.05, 4.69) is 5.32 Å². The Morgan fingerprint density at radius 2 is 2.06 bits per heavy atom. The fourth-order valence-corrected chi connectivity index (χ4v) is 1.85. The highest BCUT2D eigenvalue weighted by atomic mass is 16.2. The van der Waals surface area contributed by atoms with Crippen LogP contribution in [0.25, 0.3) is 0 Å². The van der Waals surface area contributed by atoms with Gasteiger partial charge < -0.3 is 11.1 Å². The standard InChI is InChI=1S/C13H18N2O/c1-10(11-5-3-2-4-6-11)15-12(16)13(9-14)7-8-13/h2-6,10H,7-9,14H2,1H3,(H,15,16)/t10-/m1/s1. The average molecular weight is 218 g/mol. The molecule has 1 aromatic carbocycles. The first-order valence-electron chi connectivity index (χ1n) is 5.74. The van der Waals surface area contributed by atoms with Crippen LogP contribution in [0.3, 0.4) is 0 Å². The van der Waals surface area contributed by atoms with Gasteiger partial charge >= 0.3 is 0 Å². The summed E-state index contributed by atoms with van der Waals surface area (Å²) < 4.78 is 0. The van der Waals surface area contributed by atoms with Gasteiger partial charge in [0.25, 0.3) is 0 Å². The molecule has 0 bridgehead atoms. The lowest BCUT2D eigenvalue weighted by atomic mass is 10.0. The molecule has 86 valence electrons. The van der Waals surface area contributed by atoms with Gasteiger partial charge in [0.2, 0.25) is 5.91 Å². The lowest BCUT2D eigenvalue weighted by Crippen LogP contribution is -2.37. The van der Waals surface area contributed by atoms with Gasteiger partial charge in [0, 0.05) is 6.54 Å². The van der Waals surface area contributed by atoms with Gasteiger partial charge in [-0.25, -0.2) is 0 Å². The van der Waals surface area contributed by atoms with Crippen LogP contribution in [0.4, 0.5) is 0 Å². The summed E-state index contributed by atoms with van der Waals surface area (Å²) in [5, 5.41) is 3.03. The van der Waals surface area contributed by atoms with Gasteiger partial charge in [0.15, 0.2) is 0 Å². The number of carbonyl (C=O) groups is 1. The maximum absolute atomic E-state index is 12.0. The van der Waals surface area contributed by atoms with Gasteiger partial charge in [-0.3, -0.25) is 4.79 Å². The van der Waals surface area contributed by atoms with Crippen LogP contribution >= 0.6 is 0 Å². The molecule has 3 heteroatoms. The maximum Gasteiger partial charge on any atom is 0.227 e. The monoisotopic (exact) mass is 218 g/mol. The molecule has 1 aliphatic rings. The van der Waals surface area contributed by atoms with Crippen molar-refractivity contribution in [2.45, 2.75) is 25.8 Å². The van der Waals surface area contributed by atoms with E-state index in [9.17, 15) is 4.79 Å². The van der Waals surface area contributed by atoms with E-state index in [4.69, 9.17) is 5.73 Å². The molecule has 0 spiro atoms. The molecule has 2 rings (SSSR count). The van der Waals surface area contributed by atoms with Crippen molar-refractivity contribution >= 4 is 5.91 Å². The van der Waals surface area contributed by atoms with Crippen molar-refractivity contribution in [2.24, 2.45) is 11.1 Å². The van der Waals surface area contributed by atoms with Gasteiger partial charge in [-0.2, -0.15) is 0 Å². The minimum absolute atomic E-state index is 0.0534. The van der Waals surface area contributed by atoms with Crippen LogP contribution in [0.1, 0.15) is 31.4 Å². The number of rotatable bonds is 4. The van der Waals surface area contributed by atoms with Crippen LogP contribution in [0.2, 0.25) is 0 Å². The quantitative estimate of drug-likeness (QED) is 0.806. The van der Waals surface area contributed by atoms with Crippen molar-refractivity contribution in [1.82, 2.24) is 5.32 Å². The average Bonchev–Trinajstić information content (AvgIpc) is 3.11. The molecule has 1 fully saturated rings. The van der Waals surface area contributed by atoms with E-state index < -0.39 is 0 Å². The number of hydrogen-bond acceptors (Lipinski definition) is 2. The normalized spacial score (nSPS) is 18.9. The van der Waals surface area contributed by atoms with E-state index in [1.165, 1.54) is 0 Å².